The van der Waals surface area contributed by atoms with Crippen LogP contribution in [-0.2, 0) is 0 Å². The van der Waals surface area contributed by atoms with Crippen molar-refractivity contribution in [3.05, 3.63) is 109 Å². The summed E-state index contributed by atoms with van der Waals surface area (Å²) in [5.41, 5.74) is 2.21. The van der Waals surface area contributed by atoms with E-state index in [2.05, 4.69) is 27.2 Å². The van der Waals surface area contributed by atoms with Crippen LogP contribution in [-0.4, -0.2) is 15.1 Å². The summed E-state index contributed by atoms with van der Waals surface area (Å²) in [5.74, 6) is 2.69. The Bertz CT molecular complexity index is 1280. The predicted molar refractivity (Wildman–Crippen MR) is 128 cm³/mol. The maximum atomic E-state index is 10.2. The van der Waals surface area contributed by atoms with E-state index in [1.54, 1.807) is 24.3 Å². The van der Waals surface area contributed by atoms with Crippen LogP contribution in [0.15, 0.2) is 103 Å². The molecule has 0 spiro atoms. The lowest BCUT2D eigenvalue weighted by atomic mass is 10.0. The van der Waals surface area contributed by atoms with Crippen LogP contribution in [0, 0.1) is 11.3 Å². The molecule has 4 rings (SSSR count). The summed E-state index contributed by atoms with van der Waals surface area (Å²) in [6.07, 6.45) is 0.404. The highest BCUT2D eigenvalue weighted by molar-refractivity contribution is 5.63. The number of rotatable bonds is 8. The Hall–Kier alpha value is -4.67. The first-order valence-electron chi connectivity index (χ1n) is 10.2. The third-order valence-electron chi connectivity index (χ3n) is 4.72. The van der Waals surface area contributed by atoms with Crippen LogP contribution in [0.25, 0.3) is 0 Å². The number of para-hydroxylation sites is 1. The molecule has 1 heterocycles. The molecule has 7 heteroatoms. The number of aliphatic hydroxyl groups is 1. The van der Waals surface area contributed by atoms with E-state index >= 15 is 0 Å². The SMILES string of the molecule is C=C(C#N)C(O)c1cccc(Nc2cc(Nc3ccc(Oc4ccccc4)cc3)ncn2)c1. The second kappa shape index (κ2) is 10.1. The molecule has 162 valence electrons. The number of nitrogens with one attached hydrogen (secondary N) is 2. The Morgan fingerprint density at radius 1 is 0.848 bits per heavy atom. The molecule has 7 nitrogen and oxygen atoms in total. The average Bonchev–Trinajstić information content (AvgIpc) is 2.85. The van der Waals surface area contributed by atoms with Crippen molar-refractivity contribution in [3.63, 3.8) is 0 Å². The monoisotopic (exact) mass is 435 g/mol. The molecule has 3 aromatic carbocycles. The van der Waals surface area contributed by atoms with Crippen molar-refractivity contribution in [2.75, 3.05) is 10.6 Å². The van der Waals surface area contributed by atoms with Crippen LogP contribution in [0.3, 0.4) is 0 Å². The van der Waals surface area contributed by atoms with E-state index < -0.39 is 6.10 Å². The van der Waals surface area contributed by atoms with Gasteiger partial charge in [-0.05, 0) is 54.1 Å². The molecule has 0 aliphatic carbocycles. The molecule has 1 atom stereocenters. The van der Waals surface area contributed by atoms with Crippen LogP contribution in [0.1, 0.15) is 11.7 Å². The molecule has 0 aliphatic heterocycles. The standard InChI is InChI=1S/C26H21N5O2/c1-18(16-27)26(32)19-6-5-7-21(14-19)31-25-15-24(28-17-29-25)30-20-10-12-23(13-11-20)33-22-8-3-2-4-9-22/h2-15,17,26,32H,1H2,(H2,28,29,30,31). The Kier molecular flexibility index (Phi) is 6.59. The van der Waals surface area contributed by atoms with Gasteiger partial charge in [0, 0.05) is 17.4 Å². The quantitative estimate of drug-likeness (QED) is 0.297. The van der Waals surface area contributed by atoms with Crippen molar-refractivity contribution < 1.29 is 9.84 Å². The van der Waals surface area contributed by atoms with Gasteiger partial charge in [-0.25, -0.2) is 9.97 Å². The number of aliphatic hydroxyl groups excluding tert-OH is 1. The van der Waals surface area contributed by atoms with Crippen molar-refractivity contribution in [1.29, 1.82) is 5.26 Å². The highest BCUT2D eigenvalue weighted by Gasteiger charge is 2.12. The smallest absolute Gasteiger partial charge is 0.135 e. The van der Waals surface area contributed by atoms with Crippen molar-refractivity contribution in [2.45, 2.75) is 6.10 Å². The maximum absolute atomic E-state index is 10.2. The fraction of sp³-hybridized carbons (Fsp3) is 0.0385. The molecule has 1 unspecified atom stereocenters. The Balaban J connectivity index is 1.42. The van der Waals surface area contributed by atoms with Crippen LogP contribution in [0.5, 0.6) is 11.5 Å². The highest BCUT2D eigenvalue weighted by Crippen LogP contribution is 2.26. The Morgan fingerprint density at radius 2 is 1.52 bits per heavy atom. The zero-order valence-electron chi connectivity index (χ0n) is 17.6. The fourth-order valence-corrected chi connectivity index (χ4v) is 3.07. The van der Waals surface area contributed by atoms with Crippen molar-refractivity contribution in [1.82, 2.24) is 9.97 Å². The molecule has 0 saturated heterocycles. The van der Waals surface area contributed by atoms with Gasteiger partial charge in [-0.2, -0.15) is 5.26 Å². The molecule has 0 amide bonds. The molecule has 33 heavy (non-hydrogen) atoms. The number of hydrogen-bond acceptors (Lipinski definition) is 7. The normalized spacial score (nSPS) is 11.2. The highest BCUT2D eigenvalue weighted by atomic mass is 16.5. The van der Waals surface area contributed by atoms with E-state index in [0.29, 0.717) is 22.9 Å². The number of aromatic nitrogens is 2. The van der Waals surface area contributed by atoms with Gasteiger partial charge in [-0.1, -0.05) is 36.9 Å². The molecular formula is C26H21N5O2. The minimum atomic E-state index is -1.05. The van der Waals surface area contributed by atoms with E-state index in [4.69, 9.17) is 10.00 Å². The van der Waals surface area contributed by atoms with Gasteiger partial charge >= 0.3 is 0 Å². The van der Waals surface area contributed by atoms with Crippen LogP contribution < -0.4 is 15.4 Å². The molecule has 0 aliphatic rings. The third-order valence-corrected chi connectivity index (χ3v) is 4.72. The number of hydrogen-bond donors (Lipinski definition) is 3. The summed E-state index contributed by atoms with van der Waals surface area (Å²) in [4.78, 5) is 8.51. The second-order valence-electron chi connectivity index (χ2n) is 7.14. The van der Waals surface area contributed by atoms with Crippen molar-refractivity contribution >= 4 is 23.0 Å². The largest absolute Gasteiger partial charge is 0.457 e. The molecule has 3 N–H and O–H groups in total. The van der Waals surface area contributed by atoms with Gasteiger partial charge in [0.25, 0.3) is 0 Å². The number of nitrogens with zero attached hydrogens (tertiary/aromatic N) is 3. The summed E-state index contributed by atoms with van der Waals surface area (Å²) < 4.78 is 5.81. The first-order valence-corrected chi connectivity index (χ1v) is 10.2. The molecule has 1 aromatic heterocycles. The minimum absolute atomic E-state index is 0.0841. The molecule has 0 bridgehead atoms. The van der Waals surface area contributed by atoms with Crippen molar-refractivity contribution in [3.8, 4) is 17.6 Å². The molecular weight excluding hydrogens is 414 g/mol. The number of anilines is 4. The molecule has 4 aromatic rings. The number of ether oxygens (including phenoxy) is 1. The van der Waals surface area contributed by atoms with E-state index in [1.165, 1.54) is 6.33 Å². The zero-order valence-corrected chi connectivity index (χ0v) is 17.6. The van der Waals surface area contributed by atoms with Gasteiger partial charge in [0.05, 0.1) is 11.6 Å². The summed E-state index contributed by atoms with van der Waals surface area (Å²) in [6.45, 7) is 3.57. The lowest BCUT2D eigenvalue weighted by molar-refractivity contribution is 0.221. The van der Waals surface area contributed by atoms with Gasteiger partial charge in [0.15, 0.2) is 0 Å². The van der Waals surface area contributed by atoms with Crippen LogP contribution in [0.4, 0.5) is 23.0 Å². The Labute approximate surface area is 191 Å². The van der Waals surface area contributed by atoms with Gasteiger partial charge in [0.1, 0.15) is 35.6 Å². The van der Waals surface area contributed by atoms with E-state index in [-0.39, 0.29) is 5.57 Å². The van der Waals surface area contributed by atoms with Gasteiger partial charge in [0.2, 0.25) is 0 Å². The number of benzene rings is 3. The maximum Gasteiger partial charge on any atom is 0.135 e. The predicted octanol–water partition coefficient (Wildman–Crippen LogP) is 5.87. The Morgan fingerprint density at radius 3 is 2.21 bits per heavy atom. The molecule has 0 fully saturated rings. The van der Waals surface area contributed by atoms with Crippen molar-refractivity contribution in [2.24, 2.45) is 0 Å². The molecule has 0 radical (unpaired) electrons. The van der Waals surface area contributed by atoms with Gasteiger partial charge in [-0.15, -0.1) is 0 Å². The summed E-state index contributed by atoms with van der Waals surface area (Å²) in [6, 6.07) is 27.9. The van der Waals surface area contributed by atoms with E-state index in [0.717, 1.165) is 17.2 Å². The summed E-state index contributed by atoms with van der Waals surface area (Å²) in [7, 11) is 0. The first kappa shape index (κ1) is 21.6. The fourth-order valence-electron chi connectivity index (χ4n) is 3.07. The topological polar surface area (TPSA) is 103 Å². The van der Waals surface area contributed by atoms with E-state index in [9.17, 15) is 5.11 Å². The lowest BCUT2D eigenvalue weighted by Crippen LogP contribution is -2.01. The average molecular weight is 435 g/mol. The lowest BCUT2D eigenvalue weighted by Gasteiger charge is -2.12. The summed E-state index contributed by atoms with van der Waals surface area (Å²) >= 11 is 0. The van der Waals surface area contributed by atoms with E-state index in [1.807, 2.05) is 66.7 Å². The summed E-state index contributed by atoms with van der Waals surface area (Å²) in [5, 5.41) is 25.6. The van der Waals surface area contributed by atoms with Crippen LogP contribution >= 0.6 is 0 Å². The third kappa shape index (κ3) is 5.73. The minimum Gasteiger partial charge on any atom is -0.457 e. The first-order chi connectivity index (χ1) is 16.1. The molecule has 0 saturated carbocycles. The zero-order chi connectivity index (χ0) is 23.0. The van der Waals surface area contributed by atoms with Crippen LogP contribution in [0.2, 0.25) is 0 Å². The van der Waals surface area contributed by atoms with Gasteiger partial charge in [-0.3, -0.25) is 0 Å². The second-order valence-corrected chi connectivity index (χ2v) is 7.14. The van der Waals surface area contributed by atoms with Gasteiger partial charge < -0.3 is 20.5 Å². The number of nitriles is 1.